The van der Waals surface area contributed by atoms with E-state index in [1.165, 1.54) is 5.56 Å². The molecule has 3 N–H and O–H groups in total. The summed E-state index contributed by atoms with van der Waals surface area (Å²) >= 11 is 0. The Labute approximate surface area is 119 Å². The van der Waals surface area contributed by atoms with E-state index in [2.05, 4.69) is 29.4 Å². The van der Waals surface area contributed by atoms with Crippen molar-refractivity contribution in [2.75, 3.05) is 5.32 Å². The monoisotopic (exact) mass is 271 g/mol. The predicted molar refractivity (Wildman–Crippen MR) is 83.0 cm³/mol. The van der Waals surface area contributed by atoms with E-state index >= 15 is 0 Å². The first-order valence-electron chi connectivity index (χ1n) is 6.80. The minimum absolute atomic E-state index is 0.410. The van der Waals surface area contributed by atoms with Gasteiger partial charge in [0.25, 0.3) is 0 Å². The number of hydrogen-bond acceptors (Lipinski definition) is 2. The topological polar surface area (TPSA) is 63.5 Å². The molecule has 4 nitrogen and oxygen atoms in total. The quantitative estimate of drug-likeness (QED) is 0.662. The SMILES string of the molecule is CCc1ccc(NC(N)=NCc2cc(C)oc2C)cc1. The van der Waals surface area contributed by atoms with Crippen molar-refractivity contribution >= 4 is 11.6 Å². The Bertz CT molecular complexity index is 597. The van der Waals surface area contributed by atoms with E-state index in [9.17, 15) is 0 Å². The van der Waals surface area contributed by atoms with Crippen molar-refractivity contribution in [3.63, 3.8) is 0 Å². The molecule has 2 aromatic rings. The zero-order valence-electron chi connectivity index (χ0n) is 12.2. The van der Waals surface area contributed by atoms with Crippen molar-refractivity contribution in [1.82, 2.24) is 0 Å². The number of aryl methyl sites for hydroxylation is 3. The van der Waals surface area contributed by atoms with Crippen LogP contribution < -0.4 is 11.1 Å². The smallest absolute Gasteiger partial charge is 0.193 e. The molecule has 1 heterocycles. The number of hydrogen-bond donors (Lipinski definition) is 2. The highest BCUT2D eigenvalue weighted by Gasteiger charge is 2.03. The summed E-state index contributed by atoms with van der Waals surface area (Å²) in [6, 6.07) is 10.2. The molecule has 0 spiro atoms. The Kier molecular flexibility index (Phi) is 4.45. The summed E-state index contributed by atoms with van der Waals surface area (Å²) in [6.45, 7) is 6.52. The van der Waals surface area contributed by atoms with Gasteiger partial charge in [-0.25, -0.2) is 4.99 Å². The fourth-order valence-corrected chi connectivity index (χ4v) is 2.02. The molecule has 1 aromatic carbocycles. The lowest BCUT2D eigenvalue weighted by atomic mass is 10.1. The van der Waals surface area contributed by atoms with Crippen molar-refractivity contribution in [1.29, 1.82) is 0 Å². The number of aliphatic imine (C=N–C) groups is 1. The van der Waals surface area contributed by atoms with Gasteiger partial charge in [0.2, 0.25) is 0 Å². The average Bonchev–Trinajstić information content (AvgIpc) is 2.75. The van der Waals surface area contributed by atoms with Crippen LogP contribution in [0.3, 0.4) is 0 Å². The van der Waals surface area contributed by atoms with Crippen LogP contribution in [-0.2, 0) is 13.0 Å². The van der Waals surface area contributed by atoms with E-state index in [1.807, 2.05) is 32.0 Å². The number of nitrogens with one attached hydrogen (secondary N) is 1. The van der Waals surface area contributed by atoms with Gasteiger partial charge in [0, 0.05) is 11.3 Å². The molecule has 106 valence electrons. The zero-order valence-corrected chi connectivity index (χ0v) is 12.2. The van der Waals surface area contributed by atoms with E-state index in [1.54, 1.807) is 0 Å². The summed E-state index contributed by atoms with van der Waals surface area (Å²) in [6.07, 6.45) is 1.03. The maximum atomic E-state index is 5.89. The Morgan fingerprint density at radius 3 is 2.50 bits per heavy atom. The van der Waals surface area contributed by atoms with E-state index in [-0.39, 0.29) is 0 Å². The summed E-state index contributed by atoms with van der Waals surface area (Å²) in [7, 11) is 0. The molecule has 0 fully saturated rings. The molecule has 0 saturated heterocycles. The number of rotatable bonds is 4. The highest BCUT2D eigenvalue weighted by molar-refractivity contribution is 5.92. The number of nitrogens with zero attached hydrogens (tertiary/aromatic N) is 1. The Hall–Kier alpha value is -2.23. The molecule has 20 heavy (non-hydrogen) atoms. The summed E-state index contributed by atoms with van der Waals surface area (Å²) in [5.74, 6) is 2.20. The van der Waals surface area contributed by atoms with Crippen LogP contribution in [0.2, 0.25) is 0 Å². The fraction of sp³-hybridized carbons (Fsp3) is 0.312. The Balaban J connectivity index is 1.98. The van der Waals surface area contributed by atoms with Crippen molar-refractivity contribution in [2.24, 2.45) is 10.7 Å². The fourth-order valence-electron chi connectivity index (χ4n) is 2.02. The average molecular weight is 271 g/mol. The summed E-state index contributed by atoms with van der Waals surface area (Å²) in [5, 5.41) is 3.09. The third kappa shape index (κ3) is 3.63. The van der Waals surface area contributed by atoms with Gasteiger partial charge in [-0.05, 0) is 44.0 Å². The van der Waals surface area contributed by atoms with Crippen LogP contribution in [0.15, 0.2) is 39.7 Å². The predicted octanol–water partition coefficient (Wildman–Crippen LogP) is 3.39. The van der Waals surface area contributed by atoms with Crippen LogP contribution in [-0.4, -0.2) is 5.96 Å². The molecule has 1 aromatic heterocycles. The maximum absolute atomic E-state index is 5.89. The van der Waals surface area contributed by atoms with Crippen molar-refractivity contribution in [3.05, 3.63) is 53.0 Å². The number of furan rings is 1. The summed E-state index contributed by atoms with van der Waals surface area (Å²) < 4.78 is 5.46. The normalized spacial score (nSPS) is 11.7. The molecular formula is C16H21N3O. The van der Waals surface area contributed by atoms with Crippen LogP contribution in [0, 0.1) is 13.8 Å². The van der Waals surface area contributed by atoms with Gasteiger partial charge < -0.3 is 15.5 Å². The Morgan fingerprint density at radius 2 is 1.95 bits per heavy atom. The Morgan fingerprint density at radius 1 is 1.25 bits per heavy atom. The van der Waals surface area contributed by atoms with Gasteiger partial charge in [0.05, 0.1) is 6.54 Å². The number of guanidine groups is 1. The van der Waals surface area contributed by atoms with Gasteiger partial charge in [0.15, 0.2) is 5.96 Å². The lowest BCUT2D eigenvalue weighted by Gasteiger charge is -2.06. The minimum Gasteiger partial charge on any atom is -0.466 e. The number of anilines is 1. The summed E-state index contributed by atoms with van der Waals surface area (Å²) in [5.41, 5.74) is 9.20. The molecule has 0 atom stereocenters. The third-order valence-electron chi connectivity index (χ3n) is 3.20. The lowest BCUT2D eigenvalue weighted by Crippen LogP contribution is -2.22. The van der Waals surface area contributed by atoms with Crippen molar-refractivity contribution in [3.8, 4) is 0 Å². The molecule has 0 aliphatic carbocycles. The third-order valence-corrected chi connectivity index (χ3v) is 3.20. The second-order valence-corrected chi connectivity index (χ2v) is 4.82. The first-order chi connectivity index (χ1) is 9.58. The molecular weight excluding hydrogens is 250 g/mol. The van der Waals surface area contributed by atoms with Crippen LogP contribution in [0.1, 0.15) is 29.6 Å². The molecule has 0 radical (unpaired) electrons. The molecule has 0 amide bonds. The highest BCUT2D eigenvalue weighted by atomic mass is 16.3. The van der Waals surface area contributed by atoms with Gasteiger partial charge >= 0.3 is 0 Å². The maximum Gasteiger partial charge on any atom is 0.193 e. The van der Waals surface area contributed by atoms with Gasteiger partial charge in [-0.15, -0.1) is 0 Å². The van der Waals surface area contributed by atoms with Crippen molar-refractivity contribution < 1.29 is 4.42 Å². The molecule has 4 heteroatoms. The minimum atomic E-state index is 0.410. The van der Waals surface area contributed by atoms with Crippen LogP contribution >= 0.6 is 0 Å². The second-order valence-electron chi connectivity index (χ2n) is 4.82. The largest absolute Gasteiger partial charge is 0.466 e. The van der Waals surface area contributed by atoms with E-state index in [0.29, 0.717) is 12.5 Å². The van der Waals surface area contributed by atoms with Gasteiger partial charge in [-0.3, -0.25) is 0 Å². The first-order valence-corrected chi connectivity index (χ1v) is 6.80. The second kappa shape index (κ2) is 6.28. The standard InChI is InChI=1S/C16H21N3O/c1-4-13-5-7-15(8-6-13)19-16(17)18-10-14-9-11(2)20-12(14)3/h5-9H,4,10H2,1-3H3,(H3,17,18,19). The van der Waals surface area contributed by atoms with Crippen LogP contribution in [0.25, 0.3) is 0 Å². The summed E-state index contributed by atoms with van der Waals surface area (Å²) in [4.78, 5) is 4.33. The molecule has 0 saturated carbocycles. The molecule has 2 rings (SSSR count). The molecule has 0 aliphatic heterocycles. The van der Waals surface area contributed by atoms with Crippen LogP contribution in [0.4, 0.5) is 5.69 Å². The zero-order chi connectivity index (χ0) is 14.5. The number of nitrogens with two attached hydrogens (primary N) is 1. The van der Waals surface area contributed by atoms with Gasteiger partial charge in [-0.1, -0.05) is 19.1 Å². The highest BCUT2D eigenvalue weighted by Crippen LogP contribution is 2.14. The molecule has 0 aliphatic rings. The van der Waals surface area contributed by atoms with Gasteiger partial charge in [-0.2, -0.15) is 0 Å². The number of benzene rings is 1. The van der Waals surface area contributed by atoms with Gasteiger partial charge in [0.1, 0.15) is 11.5 Å². The van der Waals surface area contributed by atoms with E-state index < -0.39 is 0 Å². The lowest BCUT2D eigenvalue weighted by molar-refractivity contribution is 0.501. The van der Waals surface area contributed by atoms with Crippen molar-refractivity contribution in [2.45, 2.75) is 33.7 Å². The molecule has 0 unspecified atom stereocenters. The van der Waals surface area contributed by atoms with E-state index in [4.69, 9.17) is 10.2 Å². The van der Waals surface area contributed by atoms with E-state index in [0.717, 1.165) is 29.2 Å². The molecule has 0 bridgehead atoms. The van der Waals surface area contributed by atoms with Crippen LogP contribution in [0.5, 0.6) is 0 Å². The first kappa shape index (κ1) is 14.2.